The molecule has 0 fully saturated rings. The quantitative estimate of drug-likeness (QED) is 0.203. The fourth-order valence-corrected chi connectivity index (χ4v) is 6.70. The normalized spacial score (nSPS) is 11.9. The number of oxazole rings is 1. The SMILES string of the molecule is c1ccc(-c2nc3ccc4cc(N(c5ccc6oc7ccccc7c6c5)c5ccc6oc7ccccc7c6c5)ccc4c3o2)cc1. The Morgan fingerprint density at radius 2 is 0.978 bits per heavy atom. The van der Waals surface area contributed by atoms with Gasteiger partial charge in [-0.1, -0.05) is 60.7 Å². The lowest BCUT2D eigenvalue weighted by molar-refractivity contribution is 0.623. The monoisotopic (exact) mass is 592 g/mol. The summed E-state index contributed by atoms with van der Waals surface area (Å²) >= 11 is 0. The third-order valence-corrected chi connectivity index (χ3v) is 8.87. The minimum Gasteiger partial charge on any atom is -0.456 e. The van der Waals surface area contributed by atoms with Crippen LogP contribution in [0.25, 0.3) is 77.2 Å². The number of rotatable bonds is 4. The maximum absolute atomic E-state index is 6.35. The van der Waals surface area contributed by atoms with Gasteiger partial charge in [-0.3, -0.25) is 0 Å². The third-order valence-electron chi connectivity index (χ3n) is 8.87. The van der Waals surface area contributed by atoms with E-state index < -0.39 is 0 Å². The summed E-state index contributed by atoms with van der Waals surface area (Å²) in [4.78, 5) is 7.08. The first-order valence-electron chi connectivity index (χ1n) is 15.3. The fraction of sp³-hybridized carbons (Fsp3) is 0. The average molecular weight is 593 g/mol. The molecule has 10 aromatic rings. The van der Waals surface area contributed by atoms with E-state index in [9.17, 15) is 0 Å². The van der Waals surface area contributed by atoms with Crippen LogP contribution in [0, 0.1) is 0 Å². The molecule has 0 saturated carbocycles. The van der Waals surface area contributed by atoms with Crippen molar-refractivity contribution < 1.29 is 13.3 Å². The number of furan rings is 2. The van der Waals surface area contributed by atoms with Crippen molar-refractivity contribution in [3.05, 3.63) is 146 Å². The molecule has 0 radical (unpaired) electrons. The van der Waals surface area contributed by atoms with Crippen molar-refractivity contribution in [1.82, 2.24) is 4.98 Å². The number of fused-ring (bicyclic) bond motifs is 9. The number of hydrogen-bond acceptors (Lipinski definition) is 5. The zero-order chi connectivity index (χ0) is 30.2. The molecule has 3 heterocycles. The van der Waals surface area contributed by atoms with Crippen LogP contribution >= 0.6 is 0 Å². The molecule has 10 rings (SSSR count). The number of aromatic nitrogens is 1. The molecule has 7 aromatic carbocycles. The van der Waals surface area contributed by atoms with E-state index in [1.807, 2.05) is 60.7 Å². The van der Waals surface area contributed by atoms with Gasteiger partial charge in [-0.2, -0.15) is 0 Å². The third kappa shape index (κ3) is 3.79. The molecule has 0 amide bonds. The van der Waals surface area contributed by atoms with Gasteiger partial charge >= 0.3 is 0 Å². The standard InChI is InChI=1S/C41H24N2O3/c1-2-8-25(9-3-1)41-42-35-19-14-26-22-27(15-18-30(26)40(35)46-41)43(28-16-20-38-33(23-28)31-10-4-6-12-36(31)44-38)29-17-21-39-34(24-29)32-11-5-7-13-37(32)45-39/h1-24H. The minimum atomic E-state index is 0.620. The highest BCUT2D eigenvalue weighted by Crippen LogP contribution is 2.42. The Kier molecular flexibility index (Phi) is 5.22. The van der Waals surface area contributed by atoms with E-state index in [1.54, 1.807) is 0 Å². The first-order chi connectivity index (χ1) is 22.8. The van der Waals surface area contributed by atoms with Gasteiger partial charge in [-0.15, -0.1) is 0 Å². The van der Waals surface area contributed by atoms with E-state index in [1.165, 1.54) is 0 Å². The highest BCUT2D eigenvalue weighted by Gasteiger charge is 2.19. The van der Waals surface area contributed by atoms with Gasteiger partial charge in [-0.25, -0.2) is 4.98 Å². The van der Waals surface area contributed by atoms with Crippen LogP contribution in [0.1, 0.15) is 0 Å². The summed E-state index contributed by atoms with van der Waals surface area (Å²) in [5.74, 6) is 0.620. The second-order valence-corrected chi connectivity index (χ2v) is 11.6. The largest absolute Gasteiger partial charge is 0.456 e. The van der Waals surface area contributed by atoms with E-state index in [0.29, 0.717) is 5.89 Å². The van der Waals surface area contributed by atoms with Crippen molar-refractivity contribution in [1.29, 1.82) is 0 Å². The molecule has 0 aliphatic carbocycles. The van der Waals surface area contributed by atoms with E-state index in [4.69, 9.17) is 18.2 Å². The Morgan fingerprint density at radius 1 is 0.413 bits per heavy atom. The summed E-state index contributed by atoms with van der Waals surface area (Å²) in [6.45, 7) is 0. The number of para-hydroxylation sites is 2. The number of anilines is 3. The Morgan fingerprint density at radius 3 is 1.65 bits per heavy atom. The zero-order valence-electron chi connectivity index (χ0n) is 24.5. The molecule has 0 bridgehead atoms. The highest BCUT2D eigenvalue weighted by molar-refractivity contribution is 6.09. The van der Waals surface area contributed by atoms with Crippen molar-refractivity contribution in [2.24, 2.45) is 0 Å². The number of hydrogen-bond donors (Lipinski definition) is 0. The van der Waals surface area contributed by atoms with E-state index >= 15 is 0 Å². The minimum absolute atomic E-state index is 0.620. The average Bonchev–Trinajstić information content (AvgIpc) is 3.82. The first kappa shape index (κ1) is 25.0. The van der Waals surface area contributed by atoms with Gasteiger partial charge in [0.2, 0.25) is 5.89 Å². The molecule has 5 nitrogen and oxygen atoms in total. The molecular formula is C41H24N2O3. The second-order valence-electron chi connectivity index (χ2n) is 11.6. The molecule has 0 atom stereocenters. The maximum atomic E-state index is 6.35. The summed E-state index contributed by atoms with van der Waals surface area (Å²) < 4.78 is 18.7. The Labute approximate surface area is 262 Å². The lowest BCUT2D eigenvalue weighted by Crippen LogP contribution is -2.09. The van der Waals surface area contributed by atoms with Crippen LogP contribution in [0.4, 0.5) is 17.1 Å². The predicted molar refractivity (Wildman–Crippen MR) is 186 cm³/mol. The van der Waals surface area contributed by atoms with Crippen LogP contribution in [0.2, 0.25) is 0 Å². The van der Waals surface area contributed by atoms with Crippen LogP contribution in [0.15, 0.2) is 159 Å². The van der Waals surface area contributed by atoms with Crippen molar-refractivity contribution in [3.63, 3.8) is 0 Å². The Bertz CT molecular complexity index is 2660. The lowest BCUT2D eigenvalue weighted by Gasteiger charge is -2.26. The molecule has 3 aromatic heterocycles. The van der Waals surface area contributed by atoms with Gasteiger partial charge in [0.05, 0.1) is 0 Å². The van der Waals surface area contributed by atoms with Crippen LogP contribution in [-0.2, 0) is 0 Å². The molecule has 0 N–H and O–H groups in total. The van der Waals surface area contributed by atoms with Gasteiger partial charge < -0.3 is 18.2 Å². The van der Waals surface area contributed by atoms with Crippen molar-refractivity contribution in [3.8, 4) is 11.5 Å². The first-order valence-corrected chi connectivity index (χ1v) is 15.3. The van der Waals surface area contributed by atoms with Crippen molar-refractivity contribution in [2.75, 3.05) is 4.90 Å². The Hall–Kier alpha value is -6.33. The number of nitrogens with zero attached hydrogens (tertiary/aromatic N) is 2. The zero-order valence-corrected chi connectivity index (χ0v) is 24.5. The summed E-state index contributed by atoms with van der Waals surface area (Å²) in [5, 5.41) is 6.42. The van der Waals surface area contributed by atoms with Crippen LogP contribution in [0.3, 0.4) is 0 Å². The summed E-state index contributed by atoms with van der Waals surface area (Å²) in [7, 11) is 0. The van der Waals surface area contributed by atoms with Crippen LogP contribution < -0.4 is 4.90 Å². The number of benzene rings is 7. The summed E-state index contributed by atoms with van der Waals surface area (Å²) in [5.41, 5.74) is 9.14. The lowest BCUT2D eigenvalue weighted by atomic mass is 10.1. The summed E-state index contributed by atoms with van der Waals surface area (Å²) in [6.07, 6.45) is 0. The molecular weight excluding hydrogens is 568 g/mol. The molecule has 0 aliphatic heterocycles. The smallest absolute Gasteiger partial charge is 0.227 e. The molecule has 216 valence electrons. The maximum Gasteiger partial charge on any atom is 0.227 e. The molecule has 46 heavy (non-hydrogen) atoms. The van der Waals surface area contributed by atoms with Crippen molar-refractivity contribution >= 4 is 82.8 Å². The predicted octanol–water partition coefficient (Wildman–Crippen LogP) is 11.9. The second kappa shape index (κ2) is 9.58. The fourth-order valence-electron chi connectivity index (χ4n) is 6.70. The van der Waals surface area contributed by atoms with Crippen molar-refractivity contribution in [2.45, 2.75) is 0 Å². The van der Waals surface area contributed by atoms with Crippen LogP contribution in [0.5, 0.6) is 0 Å². The Balaban J connectivity index is 1.18. The van der Waals surface area contributed by atoms with Gasteiger partial charge in [0.15, 0.2) is 5.58 Å². The highest BCUT2D eigenvalue weighted by atomic mass is 16.3. The van der Waals surface area contributed by atoms with Gasteiger partial charge in [0.25, 0.3) is 0 Å². The van der Waals surface area contributed by atoms with E-state index in [0.717, 1.165) is 88.4 Å². The molecule has 0 saturated heterocycles. The molecule has 0 spiro atoms. The van der Waals surface area contributed by atoms with Crippen LogP contribution in [-0.4, -0.2) is 4.98 Å². The molecule has 0 aliphatic rings. The van der Waals surface area contributed by atoms with Gasteiger partial charge in [0, 0.05) is 49.6 Å². The molecule has 0 unspecified atom stereocenters. The summed E-state index contributed by atoms with van der Waals surface area (Å²) in [6, 6.07) is 49.9. The van der Waals surface area contributed by atoms with Gasteiger partial charge in [-0.05, 0) is 90.3 Å². The van der Waals surface area contributed by atoms with E-state index in [-0.39, 0.29) is 0 Å². The van der Waals surface area contributed by atoms with Gasteiger partial charge in [0.1, 0.15) is 27.8 Å². The molecule has 5 heteroatoms. The topological polar surface area (TPSA) is 55.6 Å². The van der Waals surface area contributed by atoms with E-state index in [2.05, 4.69) is 89.8 Å².